The Balaban J connectivity index is 2.42. The molecule has 2 aromatic rings. The first-order valence-electron chi connectivity index (χ1n) is 7.14. The van der Waals surface area contributed by atoms with E-state index >= 15 is 0 Å². The molecule has 116 valence electrons. The number of phenolic OH excluding ortho intramolecular Hbond substituents is 1. The minimum atomic E-state index is -0.264. The molecule has 0 amide bonds. The van der Waals surface area contributed by atoms with Crippen molar-refractivity contribution in [2.45, 2.75) is 25.9 Å². The Bertz CT molecular complexity index is 710. The molecule has 2 aromatic carbocycles. The number of hydrogen-bond donors (Lipinski definition) is 1. The first-order chi connectivity index (χ1) is 10.3. The van der Waals surface area contributed by atoms with Gasteiger partial charge in [-0.1, -0.05) is 46.7 Å². The molecule has 0 radical (unpaired) electrons. The summed E-state index contributed by atoms with van der Waals surface area (Å²) in [4.78, 5) is 4.01. The fourth-order valence-electron chi connectivity index (χ4n) is 2.46. The van der Waals surface area contributed by atoms with Crippen LogP contribution in [0.3, 0.4) is 0 Å². The molecule has 22 heavy (non-hydrogen) atoms. The van der Waals surface area contributed by atoms with E-state index in [-0.39, 0.29) is 11.0 Å². The van der Waals surface area contributed by atoms with Crippen molar-refractivity contribution in [2.75, 3.05) is 7.05 Å². The average molecular weight is 317 g/mol. The van der Waals surface area contributed by atoms with Crippen LogP contribution in [-0.2, 0) is 5.16 Å². The molecule has 2 rings (SSSR count). The van der Waals surface area contributed by atoms with Crippen molar-refractivity contribution in [3.63, 3.8) is 0 Å². The van der Waals surface area contributed by atoms with Crippen molar-refractivity contribution in [3.8, 4) is 5.75 Å². The zero-order valence-electron chi connectivity index (χ0n) is 13.3. The summed E-state index contributed by atoms with van der Waals surface area (Å²) in [6.45, 7) is 6.08. The van der Waals surface area contributed by atoms with E-state index < -0.39 is 0 Å². The molecule has 1 atom stereocenters. The standard InChI is InChI=1S/C18H21FNOP/c1-12-6-5-7-15(17(12)21)18(2,3)22-16-9-8-14(19)10-13(16)11-20-4/h5-11,21-22H,1-4H3/b20-11+. The number of benzene rings is 2. The highest BCUT2D eigenvalue weighted by Gasteiger charge is 2.26. The predicted molar refractivity (Wildman–Crippen MR) is 93.7 cm³/mol. The van der Waals surface area contributed by atoms with E-state index in [1.54, 1.807) is 19.3 Å². The fourth-order valence-corrected chi connectivity index (χ4v) is 3.92. The molecular formula is C18H21FNOP. The number of phenols is 1. The molecular weight excluding hydrogens is 296 g/mol. The number of hydrogen-bond acceptors (Lipinski definition) is 2. The van der Waals surface area contributed by atoms with Gasteiger partial charge in [0.15, 0.2) is 0 Å². The van der Waals surface area contributed by atoms with Gasteiger partial charge < -0.3 is 5.11 Å². The Morgan fingerprint density at radius 1 is 1.23 bits per heavy atom. The van der Waals surface area contributed by atoms with Gasteiger partial charge in [-0.05, 0) is 29.9 Å². The second-order valence-electron chi connectivity index (χ2n) is 5.84. The largest absolute Gasteiger partial charge is 0.507 e. The van der Waals surface area contributed by atoms with E-state index in [1.165, 1.54) is 12.1 Å². The lowest BCUT2D eigenvalue weighted by molar-refractivity contribution is 0.457. The maximum absolute atomic E-state index is 13.4. The molecule has 0 saturated heterocycles. The molecule has 0 aromatic heterocycles. The molecule has 0 aliphatic carbocycles. The molecule has 1 N–H and O–H groups in total. The van der Waals surface area contributed by atoms with Gasteiger partial charge in [0.1, 0.15) is 11.6 Å². The second-order valence-corrected chi connectivity index (χ2v) is 7.88. The smallest absolute Gasteiger partial charge is 0.123 e. The second kappa shape index (κ2) is 6.58. The summed E-state index contributed by atoms with van der Waals surface area (Å²) in [7, 11) is 2.06. The molecule has 4 heteroatoms. The molecule has 0 saturated carbocycles. The SMILES string of the molecule is C/N=C/c1cc(F)ccc1PC(C)(C)c1cccc(C)c1O. The van der Waals surface area contributed by atoms with Gasteiger partial charge in [-0.3, -0.25) is 4.99 Å². The lowest BCUT2D eigenvalue weighted by atomic mass is 9.99. The Labute approximate surface area is 132 Å². The van der Waals surface area contributed by atoms with Crippen LogP contribution in [0.15, 0.2) is 41.4 Å². The number of aromatic hydroxyl groups is 1. The van der Waals surface area contributed by atoms with Crippen molar-refractivity contribution in [2.24, 2.45) is 4.99 Å². The lowest BCUT2D eigenvalue weighted by Crippen LogP contribution is -2.17. The molecule has 2 nitrogen and oxygen atoms in total. The van der Waals surface area contributed by atoms with Crippen LogP contribution in [-0.4, -0.2) is 18.4 Å². The fraction of sp³-hybridized carbons (Fsp3) is 0.278. The van der Waals surface area contributed by atoms with Gasteiger partial charge in [-0.2, -0.15) is 0 Å². The first kappa shape index (κ1) is 16.6. The molecule has 0 aliphatic rings. The number of aryl methyl sites for hydroxylation is 1. The van der Waals surface area contributed by atoms with Crippen LogP contribution < -0.4 is 5.30 Å². The molecule has 0 aliphatic heterocycles. The van der Waals surface area contributed by atoms with Gasteiger partial charge in [0, 0.05) is 29.5 Å². The van der Waals surface area contributed by atoms with Crippen molar-refractivity contribution in [1.29, 1.82) is 0 Å². The van der Waals surface area contributed by atoms with Gasteiger partial charge in [0.2, 0.25) is 0 Å². The van der Waals surface area contributed by atoms with Crippen molar-refractivity contribution in [1.82, 2.24) is 0 Å². The summed E-state index contributed by atoms with van der Waals surface area (Å²) in [6, 6.07) is 10.6. The lowest BCUT2D eigenvalue weighted by Gasteiger charge is -2.27. The van der Waals surface area contributed by atoms with Gasteiger partial charge in [-0.25, -0.2) is 4.39 Å². The minimum Gasteiger partial charge on any atom is -0.507 e. The third-order valence-electron chi connectivity index (χ3n) is 3.64. The molecule has 0 heterocycles. The average Bonchev–Trinajstić information content (AvgIpc) is 2.45. The summed E-state index contributed by atoms with van der Waals surface area (Å²) in [5.74, 6) is 0.0764. The number of nitrogens with zero attached hydrogens (tertiary/aromatic N) is 1. The number of rotatable bonds is 4. The minimum absolute atomic E-state index is 0.246. The van der Waals surface area contributed by atoms with Crippen LogP contribution in [0.1, 0.15) is 30.5 Å². The number of para-hydroxylation sites is 1. The van der Waals surface area contributed by atoms with Gasteiger partial charge in [0.05, 0.1) is 0 Å². The van der Waals surface area contributed by atoms with Crippen molar-refractivity contribution in [3.05, 3.63) is 58.9 Å². The summed E-state index contributed by atoms with van der Waals surface area (Å²) >= 11 is 0. The zero-order valence-corrected chi connectivity index (χ0v) is 14.3. The van der Waals surface area contributed by atoms with Crippen LogP contribution in [0, 0.1) is 12.7 Å². The Morgan fingerprint density at radius 2 is 1.95 bits per heavy atom. The third-order valence-corrected chi connectivity index (χ3v) is 5.26. The quantitative estimate of drug-likeness (QED) is 0.667. The summed E-state index contributed by atoms with van der Waals surface area (Å²) in [5, 5.41) is 11.1. The van der Waals surface area contributed by atoms with Crippen LogP contribution >= 0.6 is 8.58 Å². The summed E-state index contributed by atoms with van der Waals surface area (Å²) in [5.41, 5.74) is 2.57. The van der Waals surface area contributed by atoms with E-state index in [2.05, 4.69) is 18.8 Å². The van der Waals surface area contributed by atoms with Gasteiger partial charge in [0.25, 0.3) is 0 Å². The van der Waals surface area contributed by atoms with E-state index in [0.717, 1.165) is 22.0 Å². The number of halogens is 1. The normalized spacial score (nSPS) is 12.6. The van der Waals surface area contributed by atoms with E-state index in [4.69, 9.17) is 0 Å². The van der Waals surface area contributed by atoms with Crippen LogP contribution in [0.5, 0.6) is 5.75 Å². The maximum atomic E-state index is 13.4. The molecule has 1 unspecified atom stereocenters. The van der Waals surface area contributed by atoms with Crippen LogP contribution in [0.25, 0.3) is 0 Å². The maximum Gasteiger partial charge on any atom is 0.123 e. The molecule has 0 bridgehead atoms. The highest BCUT2D eigenvalue weighted by Crippen LogP contribution is 2.45. The van der Waals surface area contributed by atoms with Gasteiger partial charge >= 0.3 is 0 Å². The predicted octanol–water partition coefficient (Wildman–Crippen LogP) is 4.13. The zero-order chi connectivity index (χ0) is 16.3. The first-order valence-corrected chi connectivity index (χ1v) is 8.14. The van der Waals surface area contributed by atoms with Crippen LogP contribution in [0.4, 0.5) is 4.39 Å². The topological polar surface area (TPSA) is 32.6 Å². The van der Waals surface area contributed by atoms with Crippen molar-refractivity contribution < 1.29 is 9.50 Å². The number of aliphatic imine (C=N–C) groups is 1. The summed E-state index contributed by atoms with van der Waals surface area (Å²) in [6.07, 6.45) is 1.68. The Hall–Kier alpha value is -1.73. The summed E-state index contributed by atoms with van der Waals surface area (Å²) < 4.78 is 13.4. The highest BCUT2D eigenvalue weighted by atomic mass is 31.1. The van der Waals surface area contributed by atoms with E-state index in [1.807, 2.05) is 25.1 Å². The highest BCUT2D eigenvalue weighted by molar-refractivity contribution is 7.48. The van der Waals surface area contributed by atoms with E-state index in [9.17, 15) is 9.50 Å². The molecule has 0 fully saturated rings. The van der Waals surface area contributed by atoms with E-state index in [0.29, 0.717) is 14.3 Å². The third kappa shape index (κ3) is 3.53. The Kier molecular flexibility index (Phi) is 4.97. The van der Waals surface area contributed by atoms with Crippen LogP contribution in [0.2, 0.25) is 0 Å². The monoisotopic (exact) mass is 317 g/mol. The van der Waals surface area contributed by atoms with Gasteiger partial charge in [-0.15, -0.1) is 0 Å². The van der Waals surface area contributed by atoms with Crippen molar-refractivity contribution >= 4 is 20.1 Å². The Morgan fingerprint density at radius 3 is 2.64 bits per heavy atom. The molecule has 0 spiro atoms.